The number of esters is 2. The molecule has 0 amide bonds. The maximum atomic E-state index is 13.6. The fourth-order valence-corrected chi connectivity index (χ4v) is 3.80. The van der Waals surface area contributed by atoms with Crippen LogP contribution in [0.1, 0.15) is 69.5 Å². The number of ether oxygens (including phenoxy) is 2. The zero-order chi connectivity index (χ0) is 23.6. The van der Waals surface area contributed by atoms with Crippen molar-refractivity contribution in [2.24, 2.45) is 0 Å². The fraction of sp³-hybridized carbons (Fsp3) is 0.429. The predicted octanol–water partition coefficient (Wildman–Crippen LogP) is 4.94. The second-order valence-electron chi connectivity index (χ2n) is 7.22. The first-order valence-electron chi connectivity index (χ1n) is 9.89. The van der Waals surface area contributed by atoms with Crippen molar-refractivity contribution in [3.8, 4) is 0 Å². The van der Waals surface area contributed by atoms with Crippen LogP contribution in [0, 0.1) is 0 Å². The number of carbonyl (C=O) groups excluding carboxylic acids is 3. The quantitative estimate of drug-likeness (QED) is 0.386. The van der Waals surface area contributed by atoms with Crippen molar-refractivity contribution in [2.45, 2.75) is 45.1 Å². The number of alkyl halides is 2. The number of hydrogen-bond acceptors (Lipinski definition) is 6. The Hall–Kier alpha value is -2.52. The van der Waals surface area contributed by atoms with Gasteiger partial charge in [0.1, 0.15) is 6.54 Å². The molecule has 0 unspecified atom stereocenters. The minimum atomic E-state index is -2.92. The lowest BCUT2D eigenvalue weighted by molar-refractivity contribution is -0.0871. The second-order valence-corrected chi connectivity index (χ2v) is 8.04. The number of carbonyl (C=O) groups is 3. The van der Waals surface area contributed by atoms with Gasteiger partial charge in [0, 0.05) is 29.9 Å². The third kappa shape index (κ3) is 4.94. The van der Waals surface area contributed by atoms with Gasteiger partial charge in [-0.3, -0.25) is 4.79 Å². The summed E-state index contributed by atoms with van der Waals surface area (Å²) in [5, 5.41) is 4.52. The van der Waals surface area contributed by atoms with Gasteiger partial charge in [0.2, 0.25) is 5.92 Å². The standard InChI is InChI=1S/C21H20Cl2F2N2O5/c1-3-31-19(29)17-16(12-8-21(24,25)9-12)18(20(30)32-4-2)27(26-17)10-15(28)11-5-6-13(22)14(23)7-11/h5-7,12H,3-4,8-10H2,1-2H3. The average Bonchev–Trinajstić information content (AvgIpc) is 3.07. The van der Waals surface area contributed by atoms with Gasteiger partial charge >= 0.3 is 11.9 Å². The summed E-state index contributed by atoms with van der Waals surface area (Å²) >= 11 is 11.9. The Kier molecular flexibility index (Phi) is 7.19. The Balaban J connectivity index is 2.07. The third-order valence-electron chi connectivity index (χ3n) is 4.96. The summed E-state index contributed by atoms with van der Waals surface area (Å²) in [6, 6.07) is 4.25. The molecule has 3 rings (SSSR count). The lowest BCUT2D eigenvalue weighted by Crippen LogP contribution is -2.35. The van der Waals surface area contributed by atoms with Gasteiger partial charge in [-0.15, -0.1) is 0 Å². The molecule has 32 heavy (non-hydrogen) atoms. The van der Waals surface area contributed by atoms with E-state index in [0.29, 0.717) is 0 Å². The molecule has 2 aromatic rings. The molecule has 0 atom stereocenters. The van der Waals surface area contributed by atoms with Crippen molar-refractivity contribution in [2.75, 3.05) is 13.2 Å². The summed E-state index contributed by atoms with van der Waals surface area (Å²) in [7, 11) is 0. The minimum Gasteiger partial charge on any atom is -0.461 e. The summed E-state index contributed by atoms with van der Waals surface area (Å²) in [6.07, 6.45) is -1.11. The predicted molar refractivity (Wildman–Crippen MR) is 112 cm³/mol. The number of rotatable bonds is 8. The highest BCUT2D eigenvalue weighted by atomic mass is 35.5. The van der Waals surface area contributed by atoms with Gasteiger partial charge in [0.25, 0.3) is 0 Å². The smallest absolute Gasteiger partial charge is 0.359 e. The van der Waals surface area contributed by atoms with E-state index in [0.717, 1.165) is 4.68 Å². The first-order chi connectivity index (χ1) is 15.1. The second kappa shape index (κ2) is 9.54. The molecule has 0 aliphatic heterocycles. The molecule has 0 saturated heterocycles. The lowest BCUT2D eigenvalue weighted by atomic mass is 9.75. The topological polar surface area (TPSA) is 87.5 Å². The number of benzene rings is 1. The summed E-state index contributed by atoms with van der Waals surface area (Å²) in [4.78, 5) is 38.1. The Morgan fingerprint density at radius 2 is 1.72 bits per heavy atom. The molecular formula is C21H20Cl2F2N2O5. The van der Waals surface area contributed by atoms with Crippen LogP contribution in [-0.4, -0.2) is 46.6 Å². The van der Waals surface area contributed by atoms with Crippen LogP contribution >= 0.6 is 23.2 Å². The number of ketones is 1. The highest BCUT2D eigenvalue weighted by Crippen LogP contribution is 2.50. The zero-order valence-corrected chi connectivity index (χ0v) is 18.8. The Morgan fingerprint density at radius 3 is 2.28 bits per heavy atom. The molecule has 0 N–H and O–H groups in total. The van der Waals surface area contributed by atoms with E-state index in [1.807, 2.05) is 0 Å². The van der Waals surface area contributed by atoms with Crippen molar-refractivity contribution in [3.63, 3.8) is 0 Å². The Bertz CT molecular complexity index is 1060. The molecule has 11 heteroatoms. The largest absolute Gasteiger partial charge is 0.461 e. The van der Waals surface area contributed by atoms with Gasteiger partial charge in [0.15, 0.2) is 17.2 Å². The molecule has 1 aromatic heterocycles. The molecular weight excluding hydrogens is 469 g/mol. The van der Waals surface area contributed by atoms with Crippen LogP contribution in [0.5, 0.6) is 0 Å². The van der Waals surface area contributed by atoms with Gasteiger partial charge in [0.05, 0.1) is 23.3 Å². The number of aromatic nitrogens is 2. The molecule has 1 aromatic carbocycles. The number of Topliss-reactive ketones (excluding diaryl/α,β-unsaturated/α-hetero) is 1. The molecule has 172 valence electrons. The van der Waals surface area contributed by atoms with Crippen LogP contribution in [0.4, 0.5) is 8.78 Å². The molecule has 1 fully saturated rings. The van der Waals surface area contributed by atoms with E-state index in [1.165, 1.54) is 18.2 Å². The maximum absolute atomic E-state index is 13.6. The minimum absolute atomic E-state index is 0.000240. The third-order valence-corrected chi connectivity index (χ3v) is 5.70. The van der Waals surface area contributed by atoms with Gasteiger partial charge in [-0.2, -0.15) is 5.10 Å². The lowest BCUT2D eigenvalue weighted by Gasteiger charge is -2.35. The van der Waals surface area contributed by atoms with Crippen molar-refractivity contribution in [3.05, 3.63) is 50.8 Å². The normalized spacial score (nSPS) is 15.2. The first kappa shape index (κ1) is 24.1. The van der Waals surface area contributed by atoms with E-state index in [-0.39, 0.29) is 45.8 Å². The van der Waals surface area contributed by atoms with Gasteiger partial charge in [-0.1, -0.05) is 23.2 Å². The molecule has 7 nitrogen and oxygen atoms in total. The van der Waals surface area contributed by atoms with E-state index in [9.17, 15) is 23.2 Å². The number of halogens is 4. The first-order valence-corrected chi connectivity index (χ1v) is 10.6. The molecule has 1 aliphatic carbocycles. The van der Waals surface area contributed by atoms with Gasteiger partial charge < -0.3 is 9.47 Å². The van der Waals surface area contributed by atoms with Crippen LogP contribution in [0.25, 0.3) is 0 Å². The highest BCUT2D eigenvalue weighted by molar-refractivity contribution is 6.42. The van der Waals surface area contributed by atoms with Crippen molar-refractivity contribution >= 4 is 40.9 Å². The monoisotopic (exact) mass is 488 g/mol. The van der Waals surface area contributed by atoms with Crippen molar-refractivity contribution in [1.29, 1.82) is 0 Å². The average molecular weight is 489 g/mol. The Morgan fingerprint density at radius 1 is 1.09 bits per heavy atom. The number of nitrogens with zero attached hydrogens (tertiary/aromatic N) is 2. The molecule has 0 radical (unpaired) electrons. The van der Waals surface area contributed by atoms with Crippen LogP contribution in [0.15, 0.2) is 18.2 Å². The summed E-state index contributed by atoms with van der Waals surface area (Å²) in [6.45, 7) is 2.71. The van der Waals surface area contributed by atoms with Gasteiger partial charge in [-0.05, 0) is 32.0 Å². The van der Waals surface area contributed by atoms with Crippen LogP contribution in [-0.2, 0) is 16.0 Å². The van der Waals surface area contributed by atoms with Crippen molar-refractivity contribution < 1.29 is 32.6 Å². The highest BCUT2D eigenvalue weighted by Gasteiger charge is 2.50. The van der Waals surface area contributed by atoms with E-state index >= 15 is 0 Å². The van der Waals surface area contributed by atoms with Crippen LogP contribution in [0.3, 0.4) is 0 Å². The summed E-state index contributed by atoms with van der Waals surface area (Å²) in [5.41, 5.74) is -0.296. The molecule has 1 aliphatic rings. The Labute approximate surface area is 192 Å². The summed E-state index contributed by atoms with van der Waals surface area (Å²) < 4.78 is 38.3. The van der Waals surface area contributed by atoms with Gasteiger partial charge in [-0.25, -0.2) is 23.1 Å². The maximum Gasteiger partial charge on any atom is 0.359 e. The summed E-state index contributed by atoms with van der Waals surface area (Å²) in [5.74, 6) is -5.96. The van der Waals surface area contributed by atoms with Crippen LogP contribution < -0.4 is 0 Å². The zero-order valence-electron chi connectivity index (χ0n) is 17.3. The molecule has 1 heterocycles. The van der Waals surface area contributed by atoms with Crippen molar-refractivity contribution in [1.82, 2.24) is 9.78 Å². The van der Waals surface area contributed by atoms with E-state index < -0.39 is 48.9 Å². The molecule has 0 bridgehead atoms. The fourth-order valence-electron chi connectivity index (χ4n) is 3.50. The SMILES string of the molecule is CCOC(=O)c1nn(CC(=O)c2ccc(Cl)c(Cl)c2)c(C(=O)OCC)c1C1CC(F)(F)C1. The number of hydrogen-bond donors (Lipinski definition) is 0. The van der Waals surface area contributed by atoms with E-state index in [1.54, 1.807) is 13.8 Å². The van der Waals surface area contributed by atoms with Crippen LogP contribution in [0.2, 0.25) is 10.0 Å². The van der Waals surface area contributed by atoms with E-state index in [4.69, 9.17) is 32.7 Å². The molecule has 1 saturated carbocycles. The molecule has 0 spiro atoms. The van der Waals surface area contributed by atoms with E-state index in [2.05, 4.69) is 5.10 Å².